The van der Waals surface area contributed by atoms with Gasteiger partial charge in [0, 0.05) is 37.8 Å². The van der Waals surface area contributed by atoms with Crippen LogP contribution in [0.1, 0.15) is 74.9 Å². The highest BCUT2D eigenvalue weighted by atomic mass is 15.3. The van der Waals surface area contributed by atoms with Crippen LogP contribution in [0.25, 0.3) is 0 Å². The standard InChI is InChI=1S/C21H34N8/c1-14(2)29-13-16-9-10-18(11-19(16)27-29)24-21(23-17-7-5-6-8-17)22-12-20-26-25-15(3)28(20)4/h13-14,17-18H,5-12H2,1-4H3,(H2,22,23,24). The first-order valence-corrected chi connectivity index (χ1v) is 11.0. The number of hydrogen-bond donors (Lipinski definition) is 2. The molecular formula is C21H34N8. The lowest BCUT2D eigenvalue weighted by Gasteiger charge is -2.26. The number of aryl methyl sites for hydroxylation is 2. The molecule has 0 saturated heterocycles. The van der Waals surface area contributed by atoms with Crippen LogP contribution in [0.5, 0.6) is 0 Å². The average molecular weight is 399 g/mol. The molecule has 1 atom stereocenters. The van der Waals surface area contributed by atoms with Gasteiger partial charge in [0.05, 0.1) is 5.69 Å². The topological polar surface area (TPSA) is 84.9 Å². The minimum Gasteiger partial charge on any atom is -0.354 e. The van der Waals surface area contributed by atoms with Crippen LogP contribution < -0.4 is 10.6 Å². The van der Waals surface area contributed by atoms with Crippen LogP contribution >= 0.6 is 0 Å². The van der Waals surface area contributed by atoms with Crippen LogP contribution in [0.3, 0.4) is 0 Å². The van der Waals surface area contributed by atoms with Gasteiger partial charge in [-0.3, -0.25) is 4.68 Å². The Balaban J connectivity index is 1.45. The van der Waals surface area contributed by atoms with E-state index in [0.29, 0.717) is 24.7 Å². The Morgan fingerprint density at radius 2 is 1.93 bits per heavy atom. The van der Waals surface area contributed by atoms with Crippen molar-refractivity contribution in [2.75, 3.05) is 0 Å². The second-order valence-electron chi connectivity index (χ2n) is 8.77. The molecule has 0 aromatic carbocycles. The minimum absolute atomic E-state index is 0.354. The minimum atomic E-state index is 0.354. The molecule has 1 unspecified atom stereocenters. The first-order chi connectivity index (χ1) is 14.0. The van der Waals surface area contributed by atoms with E-state index < -0.39 is 0 Å². The molecule has 2 aliphatic rings. The summed E-state index contributed by atoms with van der Waals surface area (Å²) >= 11 is 0. The molecule has 1 saturated carbocycles. The summed E-state index contributed by atoms with van der Waals surface area (Å²) in [5.41, 5.74) is 2.63. The third-order valence-corrected chi connectivity index (χ3v) is 6.22. The van der Waals surface area contributed by atoms with Gasteiger partial charge < -0.3 is 15.2 Å². The van der Waals surface area contributed by atoms with Gasteiger partial charge in [-0.05, 0) is 52.0 Å². The lowest BCUT2D eigenvalue weighted by atomic mass is 9.94. The molecule has 8 heteroatoms. The highest BCUT2D eigenvalue weighted by Gasteiger charge is 2.24. The molecule has 0 spiro atoms. The van der Waals surface area contributed by atoms with Crippen molar-refractivity contribution in [1.82, 2.24) is 35.2 Å². The molecule has 2 aliphatic carbocycles. The Morgan fingerprint density at radius 1 is 1.17 bits per heavy atom. The zero-order chi connectivity index (χ0) is 20.4. The Bertz CT molecular complexity index is 856. The van der Waals surface area contributed by atoms with Crippen LogP contribution in [-0.2, 0) is 26.4 Å². The van der Waals surface area contributed by atoms with E-state index in [4.69, 9.17) is 10.1 Å². The van der Waals surface area contributed by atoms with E-state index >= 15 is 0 Å². The van der Waals surface area contributed by atoms with E-state index in [0.717, 1.165) is 36.9 Å². The van der Waals surface area contributed by atoms with Crippen LogP contribution in [0.2, 0.25) is 0 Å². The molecule has 0 radical (unpaired) electrons. The highest BCUT2D eigenvalue weighted by Crippen LogP contribution is 2.22. The lowest BCUT2D eigenvalue weighted by Crippen LogP contribution is -2.48. The predicted octanol–water partition coefficient (Wildman–Crippen LogP) is 2.44. The smallest absolute Gasteiger partial charge is 0.192 e. The molecule has 8 nitrogen and oxygen atoms in total. The Morgan fingerprint density at radius 3 is 2.62 bits per heavy atom. The van der Waals surface area contributed by atoms with Crippen molar-refractivity contribution in [3.05, 3.63) is 29.1 Å². The summed E-state index contributed by atoms with van der Waals surface area (Å²) < 4.78 is 4.09. The predicted molar refractivity (Wildman–Crippen MR) is 114 cm³/mol. The van der Waals surface area contributed by atoms with Gasteiger partial charge in [0.15, 0.2) is 11.8 Å². The molecular weight excluding hydrogens is 364 g/mol. The molecule has 0 aliphatic heterocycles. The van der Waals surface area contributed by atoms with Crippen LogP contribution in [0, 0.1) is 6.92 Å². The molecule has 1 fully saturated rings. The fraction of sp³-hybridized carbons (Fsp3) is 0.714. The van der Waals surface area contributed by atoms with Crippen LogP contribution in [0.4, 0.5) is 0 Å². The van der Waals surface area contributed by atoms with E-state index in [1.165, 1.54) is 36.9 Å². The van der Waals surface area contributed by atoms with Gasteiger partial charge in [0.25, 0.3) is 0 Å². The van der Waals surface area contributed by atoms with E-state index in [9.17, 15) is 0 Å². The lowest BCUT2D eigenvalue weighted by molar-refractivity contribution is 0.493. The highest BCUT2D eigenvalue weighted by molar-refractivity contribution is 5.80. The first kappa shape index (κ1) is 19.9. The molecule has 0 bridgehead atoms. The molecule has 2 aromatic heterocycles. The Hall–Kier alpha value is -2.38. The fourth-order valence-corrected chi connectivity index (χ4v) is 4.23. The third-order valence-electron chi connectivity index (χ3n) is 6.22. The largest absolute Gasteiger partial charge is 0.354 e. The van der Waals surface area contributed by atoms with Gasteiger partial charge in [-0.15, -0.1) is 10.2 Å². The van der Waals surface area contributed by atoms with E-state index in [2.05, 4.69) is 45.6 Å². The number of guanidine groups is 1. The van der Waals surface area contributed by atoms with Crippen molar-refractivity contribution < 1.29 is 0 Å². The van der Waals surface area contributed by atoms with Crippen molar-refractivity contribution in [2.45, 2.75) is 90.4 Å². The van der Waals surface area contributed by atoms with Crippen molar-refractivity contribution >= 4 is 5.96 Å². The maximum Gasteiger partial charge on any atom is 0.192 e. The van der Waals surface area contributed by atoms with Gasteiger partial charge in [0.2, 0.25) is 0 Å². The molecule has 2 heterocycles. The summed E-state index contributed by atoms with van der Waals surface area (Å²) in [6.45, 7) is 6.85. The van der Waals surface area contributed by atoms with Gasteiger partial charge in [-0.1, -0.05) is 12.8 Å². The maximum absolute atomic E-state index is 4.86. The number of nitrogens with zero attached hydrogens (tertiary/aromatic N) is 6. The van der Waals surface area contributed by atoms with E-state index in [1.54, 1.807) is 0 Å². The molecule has 158 valence electrons. The number of rotatable bonds is 5. The monoisotopic (exact) mass is 398 g/mol. The summed E-state index contributed by atoms with van der Waals surface area (Å²) in [5, 5.41) is 20.6. The zero-order valence-corrected chi connectivity index (χ0v) is 18.1. The second-order valence-corrected chi connectivity index (χ2v) is 8.77. The normalized spacial score (nSPS) is 20.3. The molecule has 29 heavy (non-hydrogen) atoms. The van der Waals surface area contributed by atoms with Gasteiger partial charge in [0.1, 0.15) is 12.4 Å². The van der Waals surface area contributed by atoms with E-state index in [1.807, 2.05) is 18.5 Å². The van der Waals surface area contributed by atoms with Crippen LogP contribution in [-0.4, -0.2) is 42.6 Å². The Kier molecular flexibility index (Phi) is 5.87. The molecule has 4 rings (SSSR count). The number of aromatic nitrogens is 5. The molecule has 2 aromatic rings. The quantitative estimate of drug-likeness (QED) is 0.597. The van der Waals surface area contributed by atoms with Crippen molar-refractivity contribution in [1.29, 1.82) is 0 Å². The van der Waals surface area contributed by atoms with E-state index in [-0.39, 0.29) is 0 Å². The zero-order valence-electron chi connectivity index (χ0n) is 18.1. The molecule has 0 amide bonds. The maximum atomic E-state index is 4.86. The Labute approximate surface area is 173 Å². The molecule has 2 N–H and O–H groups in total. The summed E-state index contributed by atoms with van der Waals surface area (Å²) in [7, 11) is 1.99. The van der Waals surface area contributed by atoms with Gasteiger partial charge in [-0.25, -0.2) is 4.99 Å². The van der Waals surface area contributed by atoms with Crippen LogP contribution in [0.15, 0.2) is 11.2 Å². The number of nitrogens with one attached hydrogen (secondary N) is 2. The number of aliphatic imine (C=N–C) groups is 1. The average Bonchev–Trinajstić information content (AvgIpc) is 3.42. The summed E-state index contributed by atoms with van der Waals surface area (Å²) in [4.78, 5) is 4.86. The number of fused-ring (bicyclic) bond motifs is 1. The second kappa shape index (κ2) is 8.55. The van der Waals surface area contributed by atoms with Crippen molar-refractivity contribution in [3.8, 4) is 0 Å². The SMILES string of the molecule is Cc1nnc(CN=C(NC2CCCC2)NC2CCc3cn(C(C)C)nc3C2)n1C. The van der Waals surface area contributed by atoms with Crippen molar-refractivity contribution in [3.63, 3.8) is 0 Å². The van der Waals surface area contributed by atoms with Crippen molar-refractivity contribution in [2.24, 2.45) is 12.0 Å². The summed E-state index contributed by atoms with van der Waals surface area (Å²) in [5.74, 6) is 2.69. The van der Waals surface area contributed by atoms with Gasteiger partial charge >= 0.3 is 0 Å². The fourth-order valence-electron chi connectivity index (χ4n) is 4.23. The third kappa shape index (κ3) is 4.62. The first-order valence-electron chi connectivity index (χ1n) is 11.0. The summed E-state index contributed by atoms with van der Waals surface area (Å²) in [6, 6.07) is 1.27. The number of hydrogen-bond acceptors (Lipinski definition) is 4. The summed E-state index contributed by atoms with van der Waals surface area (Å²) in [6.07, 6.45) is 10.4. The van der Waals surface area contributed by atoms with Gasteiger partial charge in [-0.2, -0.15) is 5.10 Å².